The van der Waals surface area contributed by atoms with Crippen LogP contribution in [0.3, 0.4) is 0 Å². The molecule has 1 N–H and O–H groups in total. The van der Waals surface area contributed by atoms with E-state index in [2.05, 4.69) is 0 Å². The second kappa shape index (κ2) is 1.15. The van der Waals surface area contributed by atoms with E-state index >= 15 is 0 Å². The van der Waals surface area contributed by atoms with Crippen molar-refractivity contribution in [3.8, 4) is 0 Å². The molecule has 1 aliphatic rings. The van der Waals surface area contributed by atoms with Gasteiger partial charge in [0, 0.05) is 0 Å². The van der Waals surface area contributed by atoms with Gasteiger partial charge < -0.3 is 5.11 Å². The molecule has 1 aliphatic carbocycles. The molecule has 1 nitrogen and oxygen atoms in total. The van der Waals surface area contributed by atoms with E-state index in [0.717, 1.165) is 0 Å². The molecule has 1 saturated carbocycles. The highest BCUT2D eigenvalue weighted by Gasteiger charge is 2.49. The second-order valence-electron chi connectivity index (χ2n) is 1.90. The van der Waals surface area contributed by atoms with Crippen LogP contribution in [0.25, 0.3) is 0 Å². The maximum atomic E-state index is 11.4. The zero-order chi connectivity index (χ0) is 5.49. The zero-order valence-corrected chi connectivity index (χ0v) is 3.69. The van der Waals surface area contributed by atoms with Crippen LogP contribution in [0.1, 0.15) is 12.8 Å². The third-order valence-electron chi connectivity index (χ3n) is 1.17. The average molecular weight is 108 g/mol. The summed E-state index contributed by atoms with van der Waals surface area (Å²) in [4.78, 5) is 0. The molecule has 42 valence electrons. The topological polar surface area (TPSA) is 20.2 Å². The van der Waals surface area contributed by atoms with Crippen LogP contribution in [-0.2, 0) is 0 Å². The number of alkyl halides is 2. The molecule has 7 heavy (non-hydrogen) atoms. The summed E-state index contributed by atoms with van der Waals surface area (Å²) in [6.45, 7) is 0. The standard InChI is InChI=1S/C4H6F2O/c5-3(6)4(7)1-2-4/h3,7H,1-2H2. The molecule has 0 amide bonds. The molecule has 0 unspecified atom stereocenters. The highest BCUT2D eigenvalue weighted by atomic mass is 19.3. The van der Waals surface area contributed by atoms with Gasteiger partial charge in [0.1, 0.15) is 5.60 Å². The van der Waals surface area contributed by atoms with Gasteiger partial charge in [-0.25, -0.2) is 8.78 Å². The van der Waals surface area contributed by atoms with Gasteiger partial charge in [0.2, 0.25) is 0 Å². The molecule has 0 atom stereocenters. The molecule has 0 saturated heterocycles. The molecule has 1 rings (SSSR count). The molecule has 0 aliphatic heterocycles. The van der Waals surface area contributed by atoms with Crippen LogP contribution < -0.4 is 0 Å². The minimum atomic E-state index is -2.53. The van der Waals surface area contributed by atoms with E-state index < -0.39 is 12.0 Å². The normalized spacial score (nSPS) is 25.7. The Morgan fingerprint density at radius 1 is 1.43 bits per heavy atom. The average Bonchev–Trinajstić information content (AvgIpc) is 2.21. The SMILES string of the molecule is OC1(C(F)F)CC1. The zero-order valence-electron chi connectivity index (χ0n) is 3.69. The number of hydrogen-bond acceptors (Lipinski definition) is 1. The predicted molar refractivity (Wildman–Crippen MR) is 20.2 cm³/mol. The second-order valence-corrected chi connectivity index (χ2v) is 1.90. The Morgan fingerprint density at radius 3 is 1.86 bits per heavy atom. The Hall–Kier alpha value is -0.180. The Balaban J connectivity index is 2.39. The molecule has 3 heteroatoms. The van der Waals surface area contributed by atoms with Crippen LogP contribution >= 0.6 is 0 Å². The summed E-state index contributed by atoms with van der Waals surface area (Å²) in [5.74, 6) is 0. The van der Waals surface area contributed by atoms with E-state index in [1.165, 1.54) is 0 Å². The lowest BCUT2D eigenvalue weighted by atomic mass is 10.4. The van der Waals surface area contributed by atoms with Gasteiger partial charge in [0.15, 0.2) is 0 Å². The van der Waals surface area contributed by atoms with Crippen LogP contribution in [0.5, 0.6) is 0 Å². The van der Waals surface area contributed by atoms with Crippen molar-refractivity contribution in [3.05, 3.63) is 0 Å². The first-order valence-corrected chi connectivity index (χ1v) is 2.16. The van der Waals surface area contributed by atoms with E-state index in [1.54, 1.807) is 0 Å². The Labute approximate surface area is 40.0 Å². The Morgan fingerprint density at radius 2 is 1.86 bits per heavy atom. The van der Waals surface area contributed by atoms with Gasteiger partial charge in [-0.15, -0.1) is 0 Å². The first kappa shape index (κ1) is 4.97. The van der Waals surface area contributed by atoms with Gasteiger partial charge in [-0.05, 0) is 12.8 Å². The van der Waals surface area contributed by atoms with Crippen molar-refractivity contribution in [2.24, 2.45) is 0 Å². The lowest BCUT2D eigenvalue weighted by Crippen LogP contribution is -2.17. The van der Waals surface area contributed by atoms with Crippen LogP contribution in [0.15, 0.2) is 0 Å². The number of hydrogen-bond donors (Lipinski definition) is 1. The highest BCUT2D eigenvalue weighted by molar-refractivity contribution is 4.95. The molecule has 0 spiro atoms. The first-order valence-electron chi connectivity index (χ1n) is 2.16. The quantitative estimate of drug-likeness (QED) is 0.526. The van der Waals surface area contributed by atoms with Gasteiger partial charge in [-0.1, -0.05) is 0 Å². The van der Waals surface area contributed by atoms with E-state index in [0.29, 0.717) is 0 Å². The first-order chi connectivity index (χ1) is 3.15. The Bertz CT molecular complexity index is 77.8. The van der Waals surface area contributed by atoms with Crippen molar-refractivity contribution in [1.29, 1.82) is 0 Å². The van der Waals surface area contributed by atoms with Crippen molar-refractivity contribution in [2.45, 2.75) is 24.9 Å². The molecule has 0 aromatic carbocycles. The molecule has 0 aromatic heterocycles. The van der Waals surface area contributed by atoms with E-state index in [-0.39, 0.29) is 12.8 Å². The molecule has 0 bridgehead atoms. The summed E-state index contributed by atoms with van der Waals surface area (Å²) in [6.07, 6.45) is -2.00. The fraction of sp³-hybridized carbons (Fsp3) is 1.00. The number of rotatable bonds is 1. The van der Waals surface area contributed by atoms with Gasteiger partial charge in [-0.2, -0.15) is 0 Å². The minimum absolute atomic E-state index is 0.269. The van der Waals surface area contributed by atoms with Crippen molar-refractivity contribution < 1.29 is 13.9 Å². The van der Waals surface area contributed by atoms with Gasteiger partial charge >= 0.3 is 0 Å². The molecule has 0 radical (unpaired) electrons. The lowest BCUT2D eigenvalue weighted by molar-refractivity contribution is -0.0239. The van der Waals surface area contributed by atoms with E-state index in [9.17, 15) is 8.78 Å². The highest BCUT2D eigenvalue weighted by Crippen LogP contribution is 2.40. The molecular formula is C4H6F2O. The number of aliphatic hydroxyl groups is 1. The lowest BCUT2D eigenvalue weighted by Gasteiger charge is -2.01. The summed E-state index contributed by atoms with van der Waals surface area (Å²) >= 11 is 0. The third-order valence-corrected chi connectivity index (χ3v) is 1.17. The van der Waals surface area contributed by atoms with Crippen molar-refractivity contribution >= 4 is 0 Å². The number of halogens is 2. The van der Waals surface area contributed by atoms with Crippen molar-refractivity contribution in [3.63, 3.8) is 0 Å². The molecule has 0 aromatic rings. The fourth-order valence-electron chi connectivity index (χ4n) is 0.346. The smallest absolute Gasteiger partial charge is 0.266 e. The summed E-state index contributed by atoms with van der Waals surface area (Å²) < 4.78 is 22.7. The van der Waals surface area contributed by atoms with E-state index in [1.807, 2.05) is 0 Å². The summed E-state index contributed by atoms with van der Waals surface area (Å²) in [5.41, 5.74) is -1.58. The fourth-order valence-corrected chi connectivity index (χ4v) is 0.346. The monoisotopic (exact) mass is 108 g/mol. The molecule has 1 fully saturated rings. The summed E-state index contributed by atoms with van der Waals surface area (Å²) in [5, 5.41) is 8.46. The van der Waals surface area contributed by atoms with Gasteiger partial charge in [0.05, 0.1) is 0 Å². The van der Waals surface area contributed by atoms with Crippen molar-refractivity contribution in [2.75, 3.05) is 0 Å². The van der Waals surface area contributed by atoms with Crippen LogP contribution in [-0.4, -0.2) is 17.1 Å². The summed E-state index contributed by atoms with van der Waals surface area (Å²) in [7, 11) is 0. The van der Waals surface area contributed by atoms with Gasteiger partial charge in [0.25, 0.3) is 6.43 Å². The van der Waals surface area contributed by atoms with Crippen LogP contribution in [0, 0.1) is 0 Å². The predicted octanol–water partition coefficient (Wildman–Crippen LogP) is 0.776. The maximum Gasteiger partial charge on any atom is 0.266 e. The van der Waals surface area contributed by atoms with Gasteiger partial charge in [-0.3, -0.25) is 0 Å². The third kappa shape index (κ3) is 0.725. The molecular weight excluding hydrogens is 102 g/mol. The van der Waals surface area contributed by atoms with Crippen LogP contribution in [0.2, 0.25) is 0 Å². The molecule has 0 heterocycles. The van der Waals surface area contributed by atoms with E-state index in [4.69, 9.17) is 5.11 Å². The van der Waals surface area contributed by atoms with Crippen molar-refractivity contribution in [1.82, 2.24) is 0 Å². The summed E-state index contributed by atoms with van der Waals surface area (Å²) in [6, 6.07) is 0. The van der Waals surface area contributed by atoms with Crippen LogP contribution in [0.4, 0.5) is 8.78 Å². The maximum absolute atomic E-state index is 11.4. The minimum Gasteiger partial charge on any atom is -0.384 e. The largest absolute Gasteiger partial charge is 0.384 e. The Kier molecular flexibility index (Phi) is 0.819.